The second-order valence-electron chi connectivity index (χ2n) is 6.82. The Morgan fingerprint density at radius 3 is 2.19 bits per heavy atom. The SMILES string of the molecule is CN(C)C1CCN(C(=O)C2CCCCC2(C)N)CC1.Cl.Cl. The summed E-state index contributed by atoms with van der Waals surface area (Å²) in [6.45, 7) is 3.85. The maximum absolute atomic E-state index is 12.7. The molecule has 2 N–H and O–H groups in total. The molecule has 1 aliphatic heterocycles. The Labute approximate surface area is 141 Å². The van der Waals surface area contributed by atoms with Gasteiger partial charge in [-0.3, -0.25) is 4.79 Å². The highest BCUT2D eigenvalue weighted by Gasteiger charge is 2.40. The van der Waals surface area contributed by atoms with Gasteiger partial charge in [0.05, 0.1) is 5.92 Å². The van der Waals surface area contributed by atoms with Crippen molar-refractivity contribution in [3.8, 4) is 0 Å². The average Bonchev–Trinajstić information content (AvgIpc) is 2.37. The van der Waals surface area contributed by atoms with Crippen molar-refractivity contribution in [1.29, 1.82) is 0 Å². The van der Waals surface area contributed by atoms with Crippen LogP contribution in [-0.4, -0.2) is 54.5 Å². The molecule has 2 unspecified atom stereocenters. The van der Waals surface area contributed by atoms with Gasteiger partial charge in [-0.15, -0.1) is 24.8 Å². The van der Waals surface area contributed by atoms with E-state index in [1.807, 2.05) is 0 Å². The molecular weight excluding hydrogens is 309 g/mol. The fourth-order valence-electron chi connectivity index (χ4n) is 3.59. The summed E-state index contributed by atoms with van der Waals surface area (Å²) in [7, 11) is 4.25. The van der Waals surface area contributed by atoms with E-state index in [1.165, 1.54) is 6.42 Å². The van der Waals surface area contributed by atoms with E-state index in [9.17, 15) is 4.79 Å². The van der Waals surface area contributed by atoms with Crippen molar-refractivity contribution < 1.29 is 4.79 Å². The zero-order chi connectivity index (χ0) is 14.0. The number of nitrogens with zero attached hydrogens (tertiary/aromatic N) is 2. The molecule has 1 saturated carbocycles. The molecule has 1 amide bonds. The summed E-state index contributed by atoms with van der Waals surface area (Å²) in [5.41, 5.74) is 6.05. The third-order valence-corrected chi connectivity index (χ3v) is 5.06. The third kappa shape index (κ3) is 4.98. The normalized spacial score (nSPS) is 30.5. The van der Waals surface area contributed by atoms with Gasteiger partial charge in [0, 0.05) is 24.7 Å². The highest BCUT2D eigenvalue weighted by molar-refractivity contribution is 5.85. The molecule has 0 aromatic carbocycles. The largest absolute Gasteiger partial charge is 0.342 e. The van der Waals surface area contributed by atoms with Gasteiger partial charge in [0.15, 0.2) is 0 Å². The van der Waals surface area contributed by atoms with E-state index in [1.54, 1.807) is 0 Å². The number of piperidine rings is 1. The lowest BCUT2D eigenvalue weighted by Crippen LogP contribution is -2.55. The molecule has 2 atom stereocenters. The van der Waals surface area contributed by atoms with Crippen LogP contribution in [0.4, 0.5) is 0 Å². The zero-order valence-electron chi connectivity index (χ0n) is 13.5. The number of hydrogen-bond acceptors (Lipinski definition) is 3. The molecule has 0 bridgehead atoms. The minimum Gasteiger partial charge on any atom is -0.342 e. The molecule has 2 aliphatic rings. The summed E-state index contributed by atoms with van der Waals surface area (Å²) in [5, 5.41) is 0. The summed E-state index contributed by atoms with van der Waals surface area (Å²) < 4.78 is 0. The van der Waals surface area contributed by atoms with Crippen molar-refractivity contribution in [3.63, 3.8) is 0 Å². The van der Waals surface area contributed by atoms with E-state index in [0.29, 0.717) is 11.9 Å². The zero-order valence-corrected chi connectivity index (χ0v) is 15.1. The minimum absolute atomic E-state index is 0. The second kappa shape index (κ2) is 8.56. The molecule has 0 spiro atoms. The number of likely N-dealkylation sites (tertiary alicyclic amines) is 1. The first-order valence-electron chi connectivity index (χ1n) is 7.66. The van der Waals surface area contributed by atoms with E-state index >= 15 is 0 Å². The molecule has 2 fully saturated rings. The fraction of sp³-hybridized carbons (Fsp3) is 0.933. The Kier molecular flexibility index (Phi) is 8.55. The van der Waals surface area contributed by atoms with E-state index in [4.69, 9.17) is 5.73 Å². The van der Waals surface area contributed by atoms with Crippen molar-refractivity contribution in [2.45, 2.75) is 57.0 Å². The van der Waals surface area contributed by atoms with Crippen molar-refractivity contribution in [2.75, 3.05) is 27.2 Å². The summed E-state index contributed by atoms with van der Waals surface area (Å²) in [6.07, 6.45) is 6.45. The summed E-state index contributed by atoms with van der Waals surface area (Å²) >= 11 is 0. The van der Waals surface area contributed by atoms with Crippen LogP contribution in [0, 0.1) is 5.92 Å². The smallest absolute Gasteiger partial charge is 0.227 e. The van der Waals surface area contributed by atoms with Gasteiger partial charge in [-0.2, -0.15) is 0 Å². The van der Waals surface area contributed by atoms with Crippen LogP contribution in [0.1, 0.15) is 45.4 Å². The predicted molar refractivity (Wildman–Crippen MR) is 92.3 cm³/mol. The number of rotatable bonds is 2. The molecular formula is C15H31Cl2N3O. The maximum Gasteiger partial charge on any atom is 0.227 e. The Balaban J connectivity index is 0.00000200. The van der Waals surface area contributed by atoms with Gasteiger partial charge in [-0.1, -0.05) is 12.8 Å². The Bertz CT molecular complexity index is 329. The topological polar surface area (TPSA) is 49.6 Å². The minimum atomic E-state index is -0.298. The Morgan fingerprint density at radius 2 is 1.71 bits per heavy atom. The van der Waals surface area contributed by atoms with Crippen LogP contribution < -0.4 is 5.73 Å². The number of amides is 1. The van der Waals surface area contributed by atoms with Gasteiger partial charge in [-0.25, -0.2) is 0 Å². The van der Waals surface area contributed by atoms with Crippen LogP contribution in [0.2, 0.25) is 0 Å². The first-order valence-corrected chi connectivity index (χ1v) is 7.66. The molecule has 1 saturated heterocycles. The second-order valence-corrected chi connectivity index (χ2v) is 6.82. The van der Waals surface area contributed by atoms with Crippen LogP contribution in [0.5, 0.6) is 0 Å². The van der Waals surface area contributed by atoms with Gasteiger partial charge in [0.1, 0.15) is 0 Å². The van der Waals surface area contributed by atoms with E-state index in [2.05, 4.69) is 30.8 Å². The molecule has 1 heterocycles. The van der Waals surface area contributed by atoms with Gasteiger partial charge in [0.2, 0.25) is 5.91 Å². The lowest BCUT2D eigenvalue weighted by molar-refractivity contribution is -0.140. The summed E-state index contributed by atoms with van der Waals surface area (Å²) in [4.78, 5) is 17.0. The van der Waals surface area contributed by atoms with Crippen molar-refractivity contribution in [2.24, 2.45) is 11.7 Å². The first-order chi connectivity index (χ1) is 8.92. The van der Waals surface area contributed by atoms with Crippen LogP contribution in [0.25, 0.3) is 0 Å². The standard InChI is InChI=1S/C15H29N3O.2ClH/c1-15(16)9-5-4-6-13(15)14(19)18-10-7-12(8-11-18)17(2)3;;/h12-13H,4-11,16H2,1-3H3;2*1H. The van der Waals surface area contributed by atoms with Crippen molar-refractivity contribution >= 4 is 30.7 Å². The first kappa shape index (κ1) is 21.0. The summed E-state index contributed by atoms with van der Waals surface area (Å²) in [6, 6.07) is 0.625. The number of nitrogens with two attached hydrogens (primary N) is 1. The lowest BCUT2D eigenvalue weighted by atomic mass is 9.74. The predicted octanol–water partition coefficient (Wildman–Crippen LogP) is 2.29. The van der Waals surface area contributed by atoms with Crippen LogP contribution in [0.3, 0.4) is 0 Å². The molecule has 6 heteroatoms. The van der Waals surface area contributed by atoms with Gasteiger partial charge >= 0.3 is 0 Å². The number of carbonyl (C=O) groups is 1. The highest BCUT2D eigenvalue weighted by atomic mass is 35.5. The highest BCUT2D eigenvalue weighted by Crippen LogP contribution is 2.33. The monoisotopic (exact) mass is 339 g/mol. The Morgan fingerprint density at radius 1 is 1.14 bits per heavy atom. The molecule has 0 aromatic rings. The van der Waals surface area contributed by atoms with Crippen molar-refractivity contribution in [3.05, 3.63) is 0 Å². The quantitative estimate of drug-likeness (QED) is 0.839. The lowest BCUT2D eigenvalue weighted by Gasteiger charge is -2.42. The molecule has 0 radical (unpaired) electrons. The van der Waals surface area contributed by atoms with Crippen LogP contribution in [0.15, 0.2) is 0 Å². The van der Waals surface area contributed by atoms with E-state index < -0.39 is 0 Å². The molecule has 126 valence electrons. The van der Waals surface area contributed by atoms with Crippen LogP contribution >= 0.6 is 24.8 Å². The van der Waals surface area contributed by atoms with Crippen LogP contribution in [-0.2, 0) is 4.79 Å². The molecule has 1 aliphatic carbocycles. The average molecular weight is 340 g/mol. The van der Waals surface area contributed by atoms with Gasteiger partial charge < -0.3 is 15.5 Å². The fourth-order valence-corrected chi connectivity index (χ4v) is 3.59. The molecule has 4 nitrogen and oxygen atoms in total. The van der Waals surface area contributed by atoms with Gasteiger partial charge in [0.25, 0.3) is 0 Å². The summed E-state index contributed by atoms with van der Waals surface area (Å²) in [5.74, 6) is 0.346. The molecule has 2 rings (SSSR count). The van der Waals surface area contributed by atoms with Gasteiger partial charge in [-0.05, 0) is 46.7 Å². The number of halogens is 2. The Hall–Kier alpha value is -0.0300. The van der Waals surface area contributed by atoms with E-state index in [-0.39, 0.29) is 36.3 Å². The van der Waals surface area contributed by atoms with E-state index in [0.717, 1.165) is 45.2 Å². The number of hydrogen-bond donors (Lipinski definition) is 1. The molecule has 0 aromatic heterocycles. The molecule has 21 heavy (non-hydrogen) atoms. The maximum atomic E-state index is 12.7. The number of carbonyl (C=O) groups excluding carboxylic acids is 1. The van der Waals surface area contributed by atoms with Crippen molar-refractivity contribution in [1.82, 2.24) is 9.80 Å². The third-order valence-electron chi connectivity index (χ3n) is 5.06.